The van der Waals surface area contributed by atoms with Crippen molar-refractivity contribution >= 4 is 5.78 Å². The van der Waals surface area contributed by atoms with Gasteiger partial charge in [-0.2, -0.15) is 0 Å². The van der Waals surface area contributed by atoms with Crippen molar-refractivity contribution in [3.63, 3.8) is 0 Å². The van der Waals surface area contributed by atoms with Gasteiger partial charge in [0.25, 0.3) is 0 Å². The van der Waals surface area contributed by atoms with E-state index in [-0.39, 0.29) is 5.78 Å². The van der Waals surface area contributed by atoms with Gasteiger partial charge in [0, 0.05) is 17.8 Å². The highest BCUT2D eigenvalue weighted by Gasteiger charge is 2.03. The van der Waals surface area contributed by atoms with Crippen LogP contribution in [-0.4, -0.2) is 10.8 Å². The molecule has 2 nitrogen and oxygen atoms in total. The molecule has 0 bridgehead atoms. The van der Waals surface area contributed by atoms with E-state index in [1.54, 1.807) is 6.92 Å². The van der Waals surface area contributed by atoms with Crippen LogP contribution in [0.1, 0.15) is 38.1 Å². The van der Waals surface area contributed by atoms with Crippen LogP contribution in [0, 0.1) is 0 Å². The lowest BCUT2D eigenvalue weighted by Crippen LogP contribution is -2.02. The van der Waals surface area contributed by atoms with E-state index in [9.17, 15) is 4.79 Å². The zero-order valence-corrected chi connectivity index (χ0v) is 8.37. The molecule has 0 aromatic carbocycles. The lowest BCUT2D eigenvalue weighted by atomic mass is 10.1. The third-order valence-electron chi connectivity index (χ3n) is 1.85. The number of hydrogen-bond acceptors (Lipinski definition) is 2. The minimum Gasteiger partial charge on any atom is -0.300 e. The van der Waals surface area contributed by atoms with E-state index in [1.807, 2.05) is 18.2 Å². The van der Waals surface area contributed by atoms with Crippen LogP contribution in [0.15, 0.2) is 18.2 Å². The van der Waals surface area contributed by atoms with Crippen molar-refractivity contribution in [3.05, 3.63) is 29.6 Å². The Bertz CT molecular complexity index is 305. The Labute approximate surface area is 79.0 Å². The molecule has 0 atom stereocenters. The maximum atomic E-state index is 10.9. The number of Topliss-reactive ketones (excluding diaryl/α,β-unsaturated/α-hetero) is 1. The average Bonchev–Trinajstić information content (AvgIpc) is 2.03. The van der Waals surface area contributed by atoms with Crippen molar-refractivity contribution in [2.24, 2.45) is 0 Å². The fourth-order valence-electron chi connectivity index (χ4n) is 1.17. The van der Waals surface area contributed by atoms with Gasteiger partial charge in [0.15, 0.2) is 0 Å². The summed E-state index contributed by atoms with van der Waals surface area (Å²) in [5.41, 5.74) is 1.93. The third-order valence-corrected chi connectivity index (χ3v) is 1.85. The van der Waals surface area contributed by atoms with E-state index in [0.717, 1.165) is 11.4 Å². The molecular formula is C11H15NO. The van der Waals surface area contributed by atoms with Crippen LogP contribution < -0.4 is 0 Å². The number of pyridine rings is 1. The van der Waals surface area contributed by atoms with Crippen molar-refractivity contribution in [1.29, 1.82) is 0 Å². The van der Waals surface area contributed by atoms with Gasteiger partial charge in [0.1, 0.15) is 5.78 Å². The Hall–Kier alpha value is -1.18. The van der Waals surface area contributed by atoms with E-state index >= 15 is 0 Å². The standard InChI is InChI=1S/C11H15NO/c1-8(2)11-6-4-5-10(12-11)7-9(3)13/h4-6,8H,7H2,1-3H3. The Morgan fingerprint density at radius 1 is 1.46 bits per heavy atom. The topological polar surface area (TPSA) is 30.0 Å². The Balaban J connectivity index is 2.85. The first-order chi connectivity index (χ1) is 6.09. The van der Waals surface area contributed by atoms with Crippen LogP contribution in [0.25, 0.3) is 0 Å². The quantitative estimate of drug-likeness (QED) is 0.709. The van der Waals surface area contributed by atoms with E-state index in [4.69, 9.17) is 0 Å². The number of carbonyl (C=O) groups is 1. The SMILES string of the molecule is CC(=O)Cc1cccc(C(C)C)n1. The molecule has 0 N–H and O–H groups in total. The van der Waals surface area contributed by atoms with Gasteiger partial charge < -0.3 is 0 Å². The molecule has 70 valence electrons. The van der Waals surface area contributed by atoms with Gasteiger partial charge in [-0.15, -0.1) is 0 Å². The zero-order chi connectivity index (χ0) is 9.84. The largest absolute Gasteiger partial charge is 0.300 e. The Morgan fingerprint density at radius 3 is 2.69 bits per heavy atom. The van der Waals surface area contributed by atoms with Gasteiger partial charge in [-0.25, -0.2) is 0 Å². The summed E-state index contributed by atoms with van der Waals surface area (Å²) in [6, 6.07) is 5.85. The number of aromatic nitrogens is 1. The first kappa shape index (κ1) is 9.90. The molecule has 1 rings (SSSR count). The normalized spacial score (nSPS) is 10.5. The molecule has 0 saturated carbocycles. The molecule has 0 saturated heterocycles. The smallest absolute Gasteiger partial charge is 0.135 e. The predicted octanol–water partition coefficient (Wildman–Crippen LogP) is 2.34. The number of ketones is 1. The summed E-state index contributed by atoms with van der Waals surface area (Å²) >= 11 is 0. The van der Waals surface area contributed by atoms with Gasteiger partial charge in [-0.05, 0) is 25.0 Å². The molecule has 0 unspecified atom stereocenters. The molecule has 2 heteroatoms. The second-order valence-electron chi connectivity index (χ2n) is 3.59. The van der Waals surface area contributed by atoms with Crippen LogP contribution in [-0.2, 0) is 11.2 Å². The molecular weight excluding hydrogens is 162 g/mol. The third kappa shape index (κ3) is 2.98. The van der Waals surface area contributed by atoms with Gasteiger partial charge in [-0.1, -0.05) is 19.9 Å². The summed E-state index contributed by atoms with van der Waals surface area (Å²) in [5, 5.41) is 0. The molecule has 0 aliphatic heterocycles. The summed E-state index contributed by atoms with van der Waals surface area (Å²) in [6.07, 6.45) is 0.445. The Morgan fingerprint density at radius 2 is 2.15 bits per heavy atom. The molecule has 0 aliphatic carbocycles. The number of rotatable bonds is 3. The van der Waals surface area contributed by atoms with Gasteiger partial charge in [0.05, 0.1) is 0 Å². The first-order valence-electron chi connectivity index (χ1n) is 4.55. The number of hydrogen-bond donors (Lipinski definition) is 0. The van der Waals surface area contributed by atoms with Crippen molar-refractivity contribution in [1.82, 2.24) is 4.98 Å². The number of carbonyl (C=O) groups excluding carboxylic acids is 1. The van der Waals surface area contributed by atoms with Crippen molar-refractivity contribution < 1.29 is 4.79 Å². The summed E-state index contributed by atoms with van der Waals surface area (Å²) in [7, 11) is 0. The molecule has 0 amide bonds. The minimum atomic E-state index is 0.161. The van der Waals surface area contributed by atoms with E-state index in [0.29, 0.717) is 12.3 Å². The predicted molar refractivity (Wildman–Crippen MR) is 52.7 cm³/mol. The second-order valence-corrected chi connectivity index (χ2v) is 3.59. The summed E-state index contributed by atoms with van der Waals surface area (Å²) in [5.74, 6) is 0.584. The monoisotopic (exact) mass is 177 g/mol. The molecule has 0 radical (unpaired) electrons. The first-order valence-corrected chi connectivity index (χ1v) is 4.55. The van der Waals surface area contributed by atoms with Crippen LogP contribution in [0.3, 0.4) is 0 Å². The molecule has 13 heavy (non-hydrogen) atoms. The van der Waals surface area contributed by atoms with E-state index in [2.05, 4.69) is 18.8 Å². The molecule has 0 aliphatic rings. The van der Waals surface area contributed by atoms with Crippen molar-refractivity contribution in [2.45, 2.75) is 33.1 Å². The lowest BCUT2D eigenvalue weighted by molar-refractivity contribution is -0.116. The highest BCUT2D eigenvalue weighted by Crippen LogP contribution is 2.11. The molecule has 1 aromatic rings. The van der Waals surface area contributed by atoms with Crippen LogP contribution in [0.2, 0.25) is 0 Å². The van der Waals surface area contributed by atoms with E-state index < -0.39 is 0 Å². The van der Waals surface area contributed by atoms with Gasteiger partial charge >= 0.3 is 0 Å². The summed E-state index contributed by atoms with van der Waals surface area (Å²) < 4.78 is 0. The molecule has 0 spiro atoms. The average molecular weight is 177 g/mol. The summed E-state index contributed by atoms with van der Waals surface area (Å²) in [4.78, 5) is 15.2. The van der Waals surface area contributed by atoms with Crippen LogP contribution in [0.5, 0.6) is 0 Å². The van der Waals surface area contributed by atoms with Gasteiger partial charge in [0.2, 0.25) is 0 Å². The highest BCUT2D eigenvalue weighted by molar-refractivity contribution is 5.77. The minimum absolute atomic E-state index is 0.161. The molecule has 1 aromatic heterocycles. The molecule has 0 fully saturated rings. The second kappa shape index (κ2) is 4.17. The van der Waals surface area contributed by atoms with Gasteiger partial charge in [-0.3, -0.25) is 9.78 Å². The lowest BCUT2D eigenvalue weighted by Gasteiger charge is -2.05. The van der Waals surface area contributed by atoms with Crippen molar-refractivity contribution in [2.75, 3.05) is 0 Å². The zero-order valence-electron chi connectivity index (χ0n) is 8.37. The maximum Gasteiger partial charge on any atom is 0.135 e. The summed E-state index contributed by atoms with van der Waals surface area (Å²) in [6.45, 7) is 5.78. The fourth-order valence-corrected chi connectivity index (χ4v) is 1.17. The highest BCUT2D eigenvalue weighted by atomic mass is 16.1. The van der Waals surface area contributed by atoms with E-state index in [1.165, 1.54) is 0 Å². The Kier molecular flexibility index (Phi) is 3.18. The number of nitrogens with zero attached hydrogens (tertiary/aromatic N) is 1. The van der Waals surface area contributed by atoms with Crippen LogP contribution in [0.4, 0.5) is 0 Å². The van der Waals surface area contributed by atoms with Crippen LogP contribution >= 0.6 is 0 Å². The maximum absolute atomic E-state index is 10.9. The fraction of sp³-hybridized carbons (Fsp3) is 0.455. The van der Waals surface area contributed by atoms with Crippen molar-refractivity contribution in [3.8, 4) is 0 Å². The molecule has 1 heterocycles.